The Kier molecular flexibility index (Phi) is 4.01. The number of carbonyl (C=O) groups is 1. The molecule has 1 heterocycles. The van der Waals surface area contributed by atoms with E-state index in [1.165, 1.54) is 6.07 Å². The molecular weight excluding hydrogens is 343 g/mol. The van der Waals surface area contributed by atoms with Crippen molar-refractivity contribution in [2.75, 3.05) is 0 Å². The largest absolute Gasteiger partial charge is 0.481 e. The van der Waals surface area contributed by atoms with Gasteiger partial charge in [-0.2, -0.15) is 13.2 Å². The van der Waals surface area contributed by atoms with Crippen molar-refractivity contribution < 1.29 is 27.8 Å². The van der Waals surface area contributed by atoms with Crippen LogP contribution in [-0.4, -0.2) is 23.4 Å². The molecule has 0 bridgehead atoms. The van der Waals surface area contributed by atoms with E-state index in [0.29, 0.717) is 0 Å². The molecule has 110 valence electrons. The molecule has 0 spiro atoms. The summed E-state index contributed by atoms with van der Waals surface area (Å²) in [6.07, 6.45) is -7.72. The number of alkyl halides is 3. The fourth-order valence-electron chi connectivity index (χ4n) is 1.97. The number of fused-ring (bicyclic) bond motifs is 1. The second-order valence-corrected chi connectivity index (χ2v) is 5.37. The second-order valence-electron chi connectivity index (χ2n) is 4.20. The van der Waals surface area contributed by atoms with Gasteiger partial charge in [0.05, 0.1) is 10.0 Å². The summed E-state index contributed by atoms with van der Waals surface area (Å²) >= 11 is 17.3. The van der Waals surface area contributed by atoms with E-state index < -0.39 is 30.6 Å². The van der Waals surface area contributed by atoms with E-state index in [1.807, 2.05) is 0 Å². The zero-order valence-corrected chi connectivity index (χ0v) is 11.7. The van der Waals surface area contributed by atoms with Gasteiger partial charge in [-0.1, -0.05) is 34.8 Å². The molecule has 3 nitrogen and oxygen atoms in total. The number of aliphatic carboxylic acids is 1. The van der Waals surface area contributed by atoms with Crippen LogP contribution >= 0.6 is 34.8 Å². The normalized spacial score (nSPS) is 22.1. The number of carboxylic acid groups (broad SMARTS) is 1. The maximum Gasteiger partial charge on any atom is 0.426 e. The molecule has 0 saturated carbocycles. The Morgan fingerprint density at radius 3 is 2.40 bits per heavy atom. The fraction of sp³-hybridized carbons (Fsp3) is 0.364. The standard InChI is InChI=1S/C11H6Cl3F3O3/c12-5-2-3-1-4(10(18)19)9(11(15,16)17)20-8(3)7(14)6(5)13/h2,4,9H,1H2,(H,18,19)/t4-,9+/m0/s1. The molecule has 1 aromatic rings. The lowest BCUT2D eigenvalue weighted by Gasteiger charge is -2.33. The number of hydrogen-bond donors (Lipinski definition) is 1. The molecule has 9 heteroatoms. The van der Waals surface area contributed by atoms with Crippen LogP contribution in [0.25, 0.3) is 0 Å². The van der Waals surface area contributed by atoms with E-state index in [1.54, 1.807) is 0 Å². The summed E-state index contributed by atoms with van der Waals surface area (Å²) in [6.45, 7) is 0. The van der Waals surface area contributed by atoms with Gasteiger partial charge < -0.3 is 9.84 Å². The van der Waals surface area contributed by atoms with Gasteiger partial charge in [-0.25, -0.2) is 0 Å². The van der Waals surface area contributed by atoms with E-state index in [4.69, 9.17) is 44.6 Å². The van der Waals surface area contributed by atoms with Crippen molar-refractivity contribution in [3.8, 4) is 5.75 Å². The van der Waals surface area contributed by atoms with E-state index >= 15 is 0 Å². The molecule has 0 aromatic heterocycles. The molecule has 1 aliphatic rings. The lowest BCUT2D eigenvalue weighted by Crippen LogP contribution is -2.47. The molecular formula is C11H6Cl3F3O3. The maximum atomic E-state index is 12.9. The van der Waals surface area contributed by atoms with Gasteiger partial charge in [0, 0.05) is 0 Å². The van der Waals surface area contributed by atoms with Crippen LogP contribution < -0.4 is 4.74 Å². The molecule has 0 saturated heterocycles. The Morgan fingerprint density at radius 1 is 1.30 bits per heavy atom. The van der Waals surface area contributed by atoms with Crippen molar-refractivity contribution in [3.05, 3.63) is 26.7 Å². The van der Waals surface area contributed by atoms with E-state index in [9.17, 15) is 18.0 Å². The third-order valence-corrected chi connectivity index (χ3v) is 4.13. The average molecular weight is 350 g/mol. The Balaban J connectivity index is 2.54. The summed E-state index contributed by atoms with van der Waals surface area (Å²) in [7, 11) is 0. The highest BCUT2D eigenvalue weighted by Gasteiger charge is 2.52. The Labute approximate surface area is 126 Å². The predicted octanol–water partition coefficient (Wildman–Crippen LogP) is 4.21. The first kappa shape index (κ1) is 15.5. The van der Waals surface area contributed by atoms with Crippen molar-refractivity contribution in [2.24, 2.45) is 5.92 Å². The molecule has 0 fully saturated rings. The smallest absolute Gasteiger partial charge is 0.426 e. The first-order valence-electron chi connectivity index (χ1n) is 5.25. The van der Waals surface area contributed by atoms with Crippen LogP contribution in [0, 0.1) is 5.92 Å². The quantitative estimate of drug-likeness (QED) is 0.773. The molecule has 1 aliphatic heterocycles. The van der Waals surface area contributed by atoms with E-state index in [0.717, 1.165) is 0 Å². The summed E-state index contributed by atoms with van der Waals surface area (Å²) in [5, 5.41) is 8.55. The summed E-state index contributed by atoms with van der Waals surface area (Å²) in [4.78, 5) is 11.0. The van der Waals surface area contributed by atoms with Gasteiger partial charge in [0.25, 0.3) is 0 Å². The highest BCUT2D eigenvalue weighted by molar-refractivity contribution is 6.48. The second kappa shape index (κ2) is 5.16. The predicted molar refractivity (Wildman–Crippen MR) is 66.8 cm³/mol. The number of ether oxygens (including phenoxy) is 1. The third-order valence-electron chi connectivity index (χ3n) is 2.88. The Morgan fingerprint density at radius 2 is 1.90 bits per heavy atom. The molecule has 0 amide bonds. The van der Waals surface area contributed by atoms with Crippen molar-refractivity contribution >= 4 is 40.8 Å². The first-order chi connectivity index (χ1) is 9.12. The highest BCUT2D eigenvalue weighted by atomic mass is 35.5. The molecule has 2 atom stereocenters. The number of rotatable bonds is 1. The Hall–Kier alpha value is -0.850. The fourth-order valence-corrected chi connectivity index (χ4v) is 2.65. The minimum Gasteiger partial charge on any atom is -0.481 e. The molecule has 20 heavy (non-hydrogen) atoms. The molecule has 2 rings (SSSR count). The van der Waals surface area contributed by atoms with Gasteiger partial charge in [-0.05, 0) is 18.1 Å². The van der Waals surface area contributed by atoms with Gasteiger partial charge in [0.15, 0.2) is 0 Å². The van der Waals surface area contributed by atoms with Crippen LogP contribution in [0.15, 0.2) is 6.07 Å². The van der Waals surface area contributed by atoms with Crippen molar-refractivity contribution in [1.82, 2.24) is 0 Å². The topological polar surface area (TPSA) is 46.5 Å². The number of carboxylic acids is 1. The molecule has 1 aromatic carbocycles. The summed E-state index contributed by atoms with van der Waals surface area (Å²) < 4.78 is 43.4. The van der Waals surface area contributed by atoms with Crippen LogP contribution in [0.1, 0.15) is 5.56 Å². The minimum absolute atomic E-state index is 0.0219. The third kappa shape index (κ3) is 2.64. The maximum absolute atomic E-state index is 12.9. The van der Waals surface area contributed by atoms with Crippen LogP contribution in [-0.2, 0) is 11.2 Å². The SMILES string of the molecule is O=C(O)[C@H]1Cc2cc(Cl)c(Cl)c(Cl)c2O[C@H]1C(F)(F)F. The van der Waals surface area contributed by atoms with Crippen LogP contribution in [0.3, 0.4) is 0 Å². The lowest BCUT2D eigenvalue weighted by molar-refractivity contribution is -0.217. The molecule has 1 N–H and O–H groups in total. The van der Waals surface area contributed by atoms with Crippen molar-refractivity contribution in [3.63, 3.8) is 0 Å². The number of benzene rings is 1. The van der Waals surface area contributed by atoms with Gasteiger partial charge in [0.2, 0.25) is 6.10 Å². The van der Waals surface area contributed by atoms with E-state index in [-0.39, 0.29) is 26.4 Å². The van der Waals surface area contributed by atoms with E-state index in [2.05, 4.69) is 0 Å². The monoisotopic (exact) mass is 348 g/mol. The zero-order chi connectivity index (χ0) is 15.2. The van der Waals surface area contributed by atoms with Crippen LogP contribution in [0.5, 0.6) is 5.75 Å². The highest BCUT2D eigenvalue weighted by Crippen LogP contribution is 2.46. The summed E-state index contributed by atoms with van der Waals surface area (Å²) in [5.41, 5.74) is 0.178. The van der Waals surface area contributed by atoms with Gasteiger partial charge >= 0.3 is 12.1 Å². The first-order valence-corrected chi connectivity index (χ1v) is 6.39. The van der Waals surface area contributed by atoms with Gasteiger partial charge in [-0.15, -0.1) is 0 Å². The average Bonchev–Trinajstić information content (AvgIpc) is 2.33. The van der Waals surface area contributed by atoms with Gasteiger partial charge in [0.1, 0.15) is 16.7 Å². The summed E-state index contributed by atoms with van der Waals surface area (Å²) in [6, 6.07) is 1.26. The zero-order valence-electron chi connectivity index (χ0n) is 9.47. The summed E-state index contributed by atoms with van der Waals surface area (Å²) in [5.74, 6) is -3.66. The number of halogens is 6. The molecule has 0 unspecified atom stereocenters. The van der Waals surface area contributed by atoms with Crippen molar-refractivity contribution in [2.45, 2.75) is 18.7 Å². The Bertz CT molecular complexity index is 574. The van der Waals surface area contributed by atoms with Crippen LogP contribution in [0.4, 0.5) is 13.2 Å². The number of hydrogen-bond acceptors (Lipinski definition) is 2. The molecule has 0 aliphatic carbocycles. The lowest BCUT2D eigenvalue weighted by atomic mass is 9.90. The minimum atomic E-state index is -4.84. The molecule has 0 radical (unpaired) electrons. The van der Waals surface area contributed by atoms with Crippen LogP contribution in [0.2, 0.25) is 15.1 Å². The van der Waals surface area contributed by atoms with Crippen molar-refractivity contribution in [1.29, 1.82) is 0 Å². The van der Waals surface area contributed by atoms with Gasteiger partial charge in [-0.3, -0.25) is 4.79 Å².